The van der Waals surface area contributed by atoms with Gasteiger partial charge in [-0.05, 0) is 18.2 Å². The predicted molar refractivity (Wildman–Crippen MR) is 86.4 cm³/mol. The van der Waals surface area contributed by atoms with Gasteiger partial charge in [0, 0.05) is 36.3 Å². The maximum Gasteiger partial charge on any atom is 0.336 e. The molecular weight excluding hydrogens is 294 g/mol. The molecule has 1 aromatic carbocycles. The van der Waals surface area contributed by atoms with Crippen molar-refractivity contribution in [2.45, 2.75) is 18.9 Å². The summed E-state index contributed by atoms with van der Waals surface area (Å²) in [6, 6.07) is 8.75. The van der Waals surface area contributed by atoms with Crippen molar-refractivity contribution in [2.24, 2.45) is 5.92 Å². The number of aliphatic hydroxyl groups excluding tert-OH is 1. The molecule has 4 heterocycles. The van der Waals surface area contributed by atoms with Gasteiger partial charge in [0.05, 0.1) is 13.1 Å². The van der Waals surface area contributed by atoms with E-state index in [0.29, 0.717) is 18.1 Å². The number of hydrogen-bond donors (Lipinski definition) is 1. The lowest BCUT2D eigenvalue weighted by Gasteiger charge is -2.51. The second-order valence-electron chi connectivity index (χ2n) is 6.90. The first-order valence-corrected chi connectivity index (χ1v) is 8.34. The van der Waals surface area contributed by atoms with E-state index in [1.165, 1.54) is 6.07 Å². The topological polar surface area (TPSA) is 59.7 Å². The molecule has 3 aliphatic heterocycles. The smallest absolute Gasteiger partial charge is 0.336 e. The van der Waals surface area contributed by atoms with E-state index in [1.54, 1.807) is 12.1 Å². The molecule has 1 atom stereocenters. The van der Waals surface area contributed by atoms with E-state index in [4.69, 9.17) is 9.15 Å². The van der Waals surface area contributed by atoms with Crippen LogP contribution in [0, 0.1) is 5.92 Å². The summed E-state index contributed by atoms with van der Waals surface area (Å²) in [7, 11) is 0. The summed E-state index contributed by atoms with van der Waals surface area (Å²) < 4.78 is 12.0. The zero-order valence-corrected chi connectivity index (χ0v) is 13.1. The molecule has 1 aromatic heterocycles. The van der Waals surface area contributed by atoms with Gasteiger partial charge in [-0.25, -0.2) is 4.79 Å². The van der Waals surface area contributed by atoms with Crippen molar-refractivity contribution in [1.29, 1.82) is 0 Å². The molecule has 3 saturated heterocycles. The van der Waals surface area contributed by atoms with Crippen LogP contribution in [0.5, 0.6) is 5.75 Å². The molecule has 3 fully saturated rings. The maximum atomic E-state index is 11.3. The zero-order valence-electron chi connectivity index (χ0n) is 13.1. The Morgan fingerprint density at radius 1 is 1.22 bits per heavy atom. The van der Waals surface area contributed by atoms with E-state index in [0.717, 1.165) is 54.6 Å². The van der Waals surface area contributed by atoms with Gasteiger partial charge in [0.25, 0.3) is 0 Å². The van der Waals surface area contributed by atoms with Gasteiger partial charge in [-0.15, -0.1) is 0 Å². The van der Waals surface area contributed by atoms with Gasteiger partial charge >= 0.3 is 5.63 Å². The van der Waals surface area contributed by atoms with Crippen LogP contribution in [0.25, 0.3) is 11.0 Å². The van der Waals surface area contributed by atoms with Gasteiger partial charge in [-0.1, -0.05) is 0 Å². The molecule has 5 heteroatoms. The van der Waals surface area contributed by atoms with Crippen LogP contribution in [0.3, 0.4) is 0 Å². The third-order valence-corrected chi connectivity index (χ3v) is 5.50. The Labute approximate surface area is 134 Å². The van der Waals surface area contributed by atoms with Crippen molar-refractivity contribution < 1.29 is 18.7 Å². The predicted octanol–water partition coefficient (Wildman–Crippen LogP) is 1.77. The Bertz CT molecular complexity index is 761. The average molecular weight is 316 g/mol. The van der Waals surface area contributed by atoms with Gasteiger partial charge in [0.15, 0.2) is 0 Å². The van der Waals surface area contributed by atoms with Crippen molar-refractivity contribution >= 4 is 11.0 Å². The van der Waals surface area contributed by atoms with E-state index >= 15 is 0 Å². The van der Waals surface area contributed by atoms with Crippen LogP contribution >= 0.6 is 0 Å². The highest BCUT2D eigenvalue weighted by Gasteiger charge is 2.44. The molecule has 0 radical (unpaired) electrons. The quantitative estimate of drug-likeness (QED) is 0.690. The highest BCUT2D eigenvalue weighted by molar-refractivity contribution is 5.77. The largest absolute Gasteiger partial charge is 0.488 e. The lowest BCUT2D eigenvalue weighted by atomic mass is 9.83. The molecule has 122 valence electrons. The Balaban J connectivity index is 1.42. The third kappa shape index (κ3) is 2.86. The van der Waals surface area contributed by atoms with Crippen molar-refractivity contribution in [3.8, 4) is 5.75 Å². The third-order valence-electron chi connectivity index (χ3n) is 5.50. The number of fused-ring (bicyclic) bond motifs is 4. The monoisotopic (exact) mass is 316 g/mol. The number of quaternary nitrogens is 1. The number of benzene rings is 1. The van der Waals surface area contributed by atoms with E-state index < -0.39 is 0 Å². The van der Waals surface area contributed by atoms with Gasteiger partial charge in [-0.3, -0.25) is 0 Å². The summed E-state index contributed by atoms with van der Waals surface area (Å²) in [5.74, 6) is 1.23. The van der Waals surface area contributed by atoms with Crippen molar-refractivity contribution in [1.82, 2.24) is 0 Å². The van der Waals surface area contributed by atoms with Crippen molar-refractivity contribution in [3.63, 3.8) is 0 Å². The first kappa shape index (κ1) is 14.7. The summed E-state index contributed by atoms with van der Waals surface area (Å²) in [6.07, 6.45) is 2.11. The first-order valence-electron chi connectivity index (χ1n) is 8.34. The molecule has 0 saturated carbocycles. The van der Waals surface area contributed by atoms with Crippen molar-refractivity contribution in [2.75, 3.05) is 32.8 Å². The molecule has 0 spiro atoms. The Morgan fingerprint density at radius 3 is 2.78 bits per heavy atom. The van der Waals surface area contributed by atoms with Crippen LogP contribution in [-0.4, -0.2) is 48.5 Å². The fourth-order valence-corrected chi connectivity index (χ4v) is 4.05. The minimum Gasteiger partial charge on any atom is -0.488 e. The SMILES string of the molecule is O=c1ccc2ccc(OCC[N+]34CCC(CC3)C(O)C4)cc2o1. The molecular formula is C18H22NO4+. The molecule has 2 aromatic rings. The Hall–Kier alpha value is -1.85. The van der Waals surface area contributed by atoms with Gasteiger partial charge < -0.3 is 18.7 Å². The van der Waals surface area contributed by atoms with Crippen LogP contribution in [0.2, 0.25) is 0 Å². The molecule has 1 unspecified atom stereocenters. The maximum absolute atomic E-state index is 11.3. The number of nitrogens with zero attached hydrogens (tertiary/aromatic N) is 1. The highest BCUT2D eigenvalue weighted by Crippen LogP contribution is 2.33. The molecule has 2 bridgehead atoms. The van der Waals surface area contributed by atoms with Crippen LogP contribution in [0.4, 0.5) is 0 Å². The number of rotatable bonds is 4. The van der Waals surface area contributed by atoms with Crippen LogP contribution in [-0.2, 0) is 0 Å². The average Bonchev–Trinajstić information content (AvgIpc) is 2.55. The molecule has 5 nitrogen and oxygen atoms in total. The minimum atomic E-state index is -0.349. The fourth-order valence-electron chi connectivity index (χ4n) is 4.05. The summed E-state index contributed by atoms with van der Waals surface area (Å²) in [5.41, 5.74) is 0.203. The number of ether oxygens (including phenoxy) is 1. The van der Waals surface area contributed by atoms with Gasteiger partial charge in [-0.2, -0.15) is 0 Å². The fraction of sp³-hybridized carbons (Fsp3) is 0.500. The molecule has 0 amide bonds. The van der Waals surface area contributed by atoms with Crippen LogP contribution in [0.1, 0.15) is 12.8 Å². The Kier molecular flexibility index (Phi) is 3.62. The van der Waals surface area contributed by atoms with Crippen LogP contribution in [0.15, 0.2) is 39.5 Å². The molecule has 0 aliphatic carbocycles. The van der Waals surface area contributed by atoms with E-state index in [1.807, 2.05) is 12.1 Å². The first-order chi connectivity index (χ1) is 11.1. The van der Waals surface area contributed by atoms with E-state index in [2.05, 4.69) is 0 Å². The summed E-state index contributed by atoms with van der Waals surface area (Å²) in [5, 5.41) is 11.0. The molecule has 3 aliphatic rings. The van der Waals surface area contributed by atoms with Crippen LogP contribution < -0.4 is 10.4 Å². The minimum absolute atomic E-state index is 0.146. The Morgan fingerprint density at radius 2 is 2.00 bits per heavy atom. The lowest BCUT2D eigenvalue weighted by Crippen LogP contribution is -2.64. The summed E-state index contributed by atoms with van der Waals surface area (Å²) in [4.78, 5) is 11.3. The second kappa shape index (κ2) is 5.65. The normalized spacial score (nSPS) is 29.8. The van der Waals surface area contributed by atoms with E-state index in [9.17, 15) is 9.90 Å². The highest BCUT2D eigenvalue weighted by atomic mass is 16.5. The number of piperidine rings is 3. The van der Waals surface area contributed by atoms with Gasteiger partial charge in [0.2, 0.25) is 0 Å². The standard InChI is InChI=1S/C18H22NO4/c20-16-12-19(7-5-13(16)6-8-19)9-10-22-15-3-1-14-2-4-18(21)23-17(14)11-15/h1-4,11,13,16,20H,5-10,12H2/q+1. The summed E-state index contributed by atoms with van der Waals surface area (Å²) in [6.45, 7) is 4.69. The molecule has 1 N–H and O–H groups in total. The molecule has 23 heavy (non-hydrogen) atoms. The molecule has 5 rings (SSSR count). The number of aliphatic hydroxyl groups is 1. The van der Waals surface area contributed by atoms with Crippen molar-refractivity contribution in [3.05, 3.63) is 40.8 Å². The second-order valence-corrected chi connectivity index (χ2v) is 6.90. The zero-order chi connectivity index (χ0) is 15.9. The summed E-state index contributed by atoms with van der Waals surface area (Å²) >= 11 is 0. The van der Waals surface area contributed by atoms with Gasteiger partial charge in [0.1, 0.15) is 37.1 Å². The van der Waals surface area contributed by atoms with E-state index in [-0.39, 0.29) is 11.7 Å². The lowest BCUT2D eigenvalue weighted by molar-refractivity contribution is -0.946. The number of hydrogen-bond acceptors (Lipinski definition) is 4.